The van der Waals surface area contributed by atoms with Crippen molar-refractivity contribution >= 4 is 78.7 Å². The lowest BCUT2D eigenvalue weighted by Crippen LogP contribution is -2.53. The minimum Gasteiger partial charge on any atom is -0.342 e. The summed E-state index contributed by atoms with van der Waals surface area (Å²) in [6.07, 6.45) is 2.41. The number of nitrogens with one attached hydrogen (secondary N) is 2. The molecule has 0 fully saturated rings. The minimum absolute atomic E-state index is 0.00572. The Morgan fingerprint density at radius 3 is 1.33 bits per heavy atom. The molecule has 3 heterocycles. The third-order valence-electron chi connectivity index (χ3n) is 11.4. The second kappa shape index (κ2) is 18.2. The summed E-state index contributed by atoms with van der Waals surface area (Å²) in [5.41, 5.74) is 3.51. The minimum atomic E-state index is -4.75. The van der Waals surface area contributed by atoms with E-state index in [9.17, 15) is 45.2 Å². The molecule has 2 atom stereocenters. The van der Waals surface area contributed by atoms with Crippen molar-refractivity contribution in [2.75, 3.05) is 45.6 Å². The van der Waals surface area contributed by atoms with Gasteiger partial charge in [-0.2, -0.15) is 8.42 Å². The van der Waals surface area contributed by atoms with Gasteiger partial charge in [-0.15, -0.1) is 0 Å². The molecule has 8 rings (SSSR count). The zero-order chi connectivity index (χ0) is 47.9. The molecule has 0 saturated carbocycles. The van der Waals surface area contributed by atoms with Gasteiger partial charge in [-0.25, -0.2) is 36.1 Å². The van der Waals surface area contributed by atoms with Gasteiger partial charge in [0.1, 0.15) is 48.4 Å². The maximum atomic E-state index is 14.4. The average Bonchev–Trinajstić information content (AvgIpc) is 3.91. The van der Waals surface area contributed by atoms with Crippen LogP contribution in [0.5, 0.6) is 0 Å². The van der Waals surface area contributed by atoms with Gasteiger partial charge in [-0.1, -0.05) is 12.1 Å². The highest BCUT2D eigenvalue weighted by molar-refractivity contribution is 7.94. The third kappa shape index (κ3) is 9.48. The van der Waals surface area contributed by atoms with Crippen LogP contribution in [0.4, 0.5) is 40.3 Å². The highest BCUT2D eigenvalue weighted by Crippen LogP contribution is 2.40. The first-order valence-corrected chi connectivity index (χ1v) is 22.0. The fourth-order valence-electron chi connectivity index (χ4n) is 8.05. The first-order chi connectivity index (χ1) is 31.9. The molecule has 346 valence electrons. The van der Waals surface area contributed by atoms with E-state index in [2.05, 4.69) is 20.6 Å². The Morgan fingerprint density at radius 1 is 0.582 bits per heavy atom. The van der Waals surface area contributed by atoms with E-state index in [1.54, 1.807) is 72.3 Å². The van der Waals surface area contributed by atoms with Crippen LogP contribution in [0.1, 0.15) is 11.1 Å². The normalized spacial score (nSPS) is 13.9. The van der Waals surface area contributed by atoms with Crippen molar-refractivity contribution in [3.8, 4) is 0 Å². The van der Waals surface area contributed by atoms with E-state index in [0.29, 0.717) is 34.5 Å². The number of rotatable bonds is 14. The first kappa shape index (κ1) is 45.7. The van der Waals surface area contributed by atoms with E-state index < -0.39 is 82.3 Å². The molecule has 0 bridgehead atoms. The molecule has 0 radical (unpaired) electrons. The number of aromatic nitrogens is 4. The summed E-state index contributed by atoms with van der Waals surface area (Å²) in [6.45, 7) is -1.81. The Balaban J connectivity index is 1.03. The smallest absolute Gasteiger partial charge is 0.327 e. The van der Waals surface area contributed by atoms with Crippen molar-refractivity contribution in [3.05, 3.63) is 144 Å². The number of amides is 4. The van der Waals surface area contributed by atoms with Crippen LogP contribution in [0.25, 0.3) is 22.1 Å². The summed E-state index contributed by atoms with van der Waals surface area (Å²) in [6, 6.07) is 18.3. The summed E-state index contributed by atoms with van der Waals surface area (Å²) < 4.78 is 91.1. The number of likely N-dealkylation sites (N-methyl/N-ethyl adjacent to an activating group) is 2. The number of benzene rings is 5. The van der Waals surface area contributed by atoms with Gasteiger partial charge in [0, 0.05) is 64.5 Å². The predicted octanol–water partition coefficient (Wildman–Crippen LogP) is 4.67. The molecule has 4 amide bonds. The molecule has 2 aromatic heterocycles. The second-order valence-electron chi connectivity index (χ2n) is 16.1. The third-order valence-corrected chi connectivity index (χ3v) is 13.2. The molecule has 1 aliphatic heterocycles. The lowest BCUT2D eigenvalue weighted by Gasteiger charge is -2.27. The van der Waals surface area contributed by atoms with Crippen molar-refractivity contribution in [1.82, 2.24) is 29.7 Å². The number of halogens is 4. The lowest BCUT2D eigenvalue weighted by molar-refractivity contribution is -0.126. The summed E-state index contributed by atoms with van der Waals surface area (Å²) in [5.74, 6) is -7.04. The van der Waals surface area contributed by atoms with E-state index in [4.69, 9.17) is 0 Å². The van der Waals surface area contributed by atoms with Gasteiger partial charge < -0.3 is 29.6 Å². The number of fused-ring (bicyclic) bond motifs is 3. The summed E-state index contributed by atoms with van der Waals surface area (Å²) in [5, 5.41) is 5.11. The van der Waals surface area contributed by atoms with Crippen LogP contribution in [0.3, 0.4) is 0 Å². The fourth-order valence-corrected chi connectivity index (χ4v) is 9.65. The Labute approximate surface area is 381 Å². The van der Waals surface area contributed by atoms with Crippen LogP contribution in [-0.2, 0) is 56.3 Å². The molecule has 0 aliphatic carbocycles. The number of hydrogen-bond acceptors (Lipinski definition) is 8. The first-order valence-electron chi connectivity index (χ1n) is 20.6. The monoisotopic (exact) mass is 938 g/mol. The van der Waals surface area contributed by atoms with Crippen LogP contribution < -0.4 is 29.0 Å². The van der Waals surface area contributed by atoms with Gasteiger partial charge in [-0.05, 0) is 83.9 Å². The second-order valence-corrected chi connectivity index (χ2v) is 17.8. The van der Waals surface area contributed by atoms with Gasteiger partial charge in [-0.3, -0.25) is 19.2 Å². The van der Waals surface area contributed by atoms with E-state index in [-0.39, 0.29) is 35.3 Å². The van der Waals surface area contributed by atoms with Crippen molar-refractivity contribution in [3.63, 3.8) is 0 Å². The van der Waals surface area contributed by atoms with Crippen molar-refractivity contribution < 1.29 is 45.2 Å². The van der Waals surface area contributed by atoms with Crippen LogP contribution >= 0.6 is 0 Å². The Kier molecular flexibility index (Phi) is 12.4. The van der Waals surface area contributed by atoms with E-state index in [1.807, 2.05) is 0 Å². The number of carbonyl (C=O) groups is 4. The number of aryl methyl sites for hydroxylation is 2. The summed E-state index contributed by atoms with van der Waals surface area (Å²) >= 11 is 0. The molecular weight excluding hydrogens is 897 g/mol. The Morgan fingerprint density at radius 2 is 0.955 bits per heavy atom. The molecule has 0 spiro atoms. The van der Waals surface area contributed by atoms with Crippen LogP contribution in [0.15, 0.2) is 110 Å². The predicted molar refractivity (Wildman–Crippen MR) is 242 cm³/mol. The number of para-hydroxylation sites is 2. The molecule has 67 heavy (non-hydrogen) atoms. The maximum Gasteiger partial charge on any atom is 0.327 e. The Bertz CT molecular complexity index is 2970. The number of anilines is 4. The number of carbonyl (C=O) groups excluding carboxylic acids is 4. The van der Waals surface area contributed by atoms with Gasteiger partial charge in [0.2, 0.25) is 23.6 Å². The standard InChI is InChI=1S/C46H42F4N10O6S/c1-55-25-51-35-21-33(9-11-39(35)55)57(3)45(63)37(17-27-13-29(47)19-30(48)14-27)53-43(61)23-59-41-7-5-6-8-42(41)60(67(59,65)66)24-44(62)54-38(18-28-15-31(49)20-32(50)16-28)46(64)58(4)34-10-12-40-36(22-34)52-26-56(40)2/h5-16,19-22,25-26,37-38H,17-18,23-24H2,1-4H3,(H,53,61)(H,54,62)/t37-,38-/m0/s1. The van der Waals surface area contributed by atoms with Gasteiger partial charge in [0.25, 0.3) is 0 Å². The lowest BCUT2D eigenvalue weighted by atomic mass is 10.0. The van der Waals surface area contributed by atoms with E-state index in [0.717, 1.165) is 43.9 Å². The zero-order valence-corrected chi connectivity index (χ0v) is 37.1. The van der Waals surface area contributed by atoms with Crippen LogP contribution in [0, 0.1) is 23.3 Å². The summed E-state index contributed by atoms with van der Waals surface area (Å²) in [7, 11) is 1.73. The molecule has 21 heteroatoms. The number of imidazole rings is 2. The van der Waals surface area contributed by atoms with Gasteiger partial charge in [0.15, 0.2) is 0 Å². The largest absolute Gasteiger partial charge is 0.342 e. The van der Waals surface area contributed by atoms with Crippen molar-refractivity contribution in [2.45, 2.75) is 24.9 Å². The summed E-state index contributed by atoms with van der Waals surface area (Å²) in [4.78, 5) is 67.3. The SMILES string of the molecule is CN(C(=O)[C@H](Cc1cc(F)cc(F)c1)NC(=O)CN1c2ccccc2N(CC(=O)N[C@@H](Cc2cc(F)cc(F)c2)C(=O)N(C)c2ccc3c(c2)ncn3C)S1(=O)=O)c1ccc2c(c1)ncn2C. The van der Waals surface area contributed by atoms with E-state index in [1.165, 1.54) is 48.2 Å². The highest BCUT2D eigenvalue weighted by Gasteiger charge is 2.43. The van der Waals surface area contributed by atoms with Crippen molar-refractivity contribution in [1.29, 1.82) is 0 Å². The molecule has 2 N–H and O–H groups in total. The maximum absolute atomic E-state index is 14.4. The Hall–Kier alpha value is -7.81. The molecule has 1 aliphatic rings. The molecule has 0 saturated heterocycles. The van der Waals surface area contributed by atoms with Crippen LogP contribution in [-0.4, -0.2) is 90.4 Å². The van der Waals surface area contributed by atoms with Crippen molar-refractivity contribution in [2.24, 2.45) is 14.1 Å². The molecular formula is C46H42F4N10O6S. The quantitative estimate of drug-likeness (QED) is 0.148. The molecule has 5 aromatic carbocycles. The zero-order valence-electron chi connectivity index (χ0n) is 36.3. The number of hydrogen-bond donors (Lipinski definition) is 2. The fraction of sp³-hybridized carbons (Fsp3) is 0.217. The average molecular weight is 939 g/mol. The topological polar surface area (TPSA) is 175 Å². The van der Waals surface area contributed by atoms with Crippen LogP contribution in [0.2, 0.25) is 0 Å². The molecule has 16 nitrogen and oxygen atoms in total. The van der Waals surface area contributed by atoms with E-state index >= 15 is 0 Å². The highest BCUT2D eigenvalue weighted by atomic mass is 32.2. The molecule has 0 unspecified atom stereocenters. The van der Waals surface area contributed by atoms with Gasteiger partial charge in [0.05, 0.1) is 46.1 Å². The van der Waals surface area contributed by atoms with Gasteiger partial charge >= 0.3 is 10.2 Å². The number of nitrogens with zero attached hydrogens (tertiary/aromatic N) is 8. The molecule has 7 aromatic rings.